The van der Waals surface area contributed by atoms with Crippen molar-refractivity contribution in [2.75, 3.05) is 26.2 Å². The fraction of sp³-hybridized carbons (Fsp3) is 0.278. The minimum absolute atomic E-state index is 0.614. The molecular weight excluding hydrogens is 365 g/mol. The predicted octanol–water partition coefficient (Wildman–Crippen LogP) is 4.80. The van der Waals surface area contributed by atoms with E-state index in [1.807, 2.05) is 41.4 Å². The van der Waals surface area contributed by atoms with E-state index in [4.69, 9.17) is 34.8 Å². The fourth-order valence-electron chi connectivity index (χ4n) is 2.65. The standard InChI is InChI=1S/C18H18Cl3N3/c19-16-5-2-1-4-14(16)13-23-8-10-24(11-9-23)22-12-15-17(20)6-3-7-18(15)21/h1-7,12H,8-11,13H2/b22-12-. The van der Waals surface area contributed by atoms with Crippen molar-refractivity contribution in [2.45, 2.75) is 6.54 Å². The van der Waals surface area contributed by atoms with Crippen molar-refractivity contribution in [3.63, 3.8) is 0 Å². The van der Waals surface area contributed by atoms with Crippen LogP contribution in [0, 0.1) is 0 Å². The molecule has 0 unspecified atom stereocenters. The largest absolute Gasteiger partial charge is 0.295 e. The number of benzene rings is 2. The van der Waals surface area contributed by atoms with Gasteiger partial charge in [0.15, 0.2) is 0 Å². The first kappa shape index (κ1) is 17.6. The summed E-state index contributed by atoms with van der Waals surface area (Å²) in [6.45, 7) is 4.48. The summed E-state index contributed by atoms with van der Waals surface area (Å²) in [4.78, 5) is 2.38. The first-order valence-electron chi connectivity index (χ1n) is 7.82. The second-order valence-electron chi connectivity index (χ2n) is 5.70. The van der Waals surface area contributed by atoms with Crippen LogP contribution >= 0.6 is 34.8 Å². The first-order valence-corrected chi connectivity index (χ1v) is 8.95. The lowest BCUT2D eigenvalue weighted by molar-refractivity contribution is 0.131. The molecular formula is C18H18Cl3N3. The van der Waals surface area contributed by atoms with Gasteiger partial charge < -0.3 is 0 Å². The molecule has 2 aromatic rings. The van der Waals surface area contributed by atoms with Crippen LogP contribution in [0.15, 0.2) is 47.6 Å². The third-order valence-corrected chi connectivity index (χ3v) is 5.08. The van der Waals surface area contributed by atoms with Crippen molar-refractivity contribution in [1.29, 1.82) is 0 Å². The van der Waals surface area contributed by atoms with Crippen molar-refractivity contribution < 1.29 is 0 Å². The topological polar surface area (TPSA) is 18.8 Å². The van der Waals surface area contributed by atoms with Gasteiger partial charge in [-0.05, 0) is 23.8 Å². The Morgan fingerprint density at radius 2 is 1.46 bits per heavy atom. The molecule has 0 N–H and O–H groups in total. The molecule has 0 saturated carbocycles. The summed E-state index contributed by atoms with van der Waals surface area (Å²) in [5, 5.41) is 8.62. The van der Waals surface area contributed by atoms with Crippen molar-refractivity contribution in [2.24, 2.45) is 5.10 Å². The second-order valence-corrected chi connectivity index (χ2v) is 6.92. The predicted molar refractivity (Wildman–Crippen MR) is 102 cm³/mol. The summed E-state index contributed by atoms with van der Waals surface area (Å²) in [6.07, 6.45) is 1.74. The summed E-state index contributed by atoms with van der Waals surface area (Å²) in [6, 6.07) is 13.5. The van der Waals surface area contributed by atoms with Crippen LogP contribution in [0.25, 0.3) is 0 Å². The number of hydrogen-bond acceptors (Lipinski definition) is 3. The summed E-state index contributed by atoms with van der Waals surface area (Å²) in [7, 11) is 0. The van der Waals surface area contributed by atoms with Gasteiger partial charge in [-0.3, -0.25) is 9.91 Å². The minimum Gasteiger partial charge on any atom is -0.295 e. The Morgan fingerprint density at radius 3 is 2.12 bits per heavy atom. The molecule has 0 bridgehead atoms. The van der Waals surface area contributed by atoms with E-state index in [1.165, 1.54) is 5.56 Å². The van der Waals surface area contributed by atoms with Gasteiger partial charge >= 0.3 is 0 Å². The van der Waals surface area contributed by atoms with Crippen LogP contribution in [0.5, 0.6) is 0 Å². The molecule has 0 aliphatic carbocycles. The summed E-state index contributed by atoms with van der Waals surface area (Å²) < 4.78 is 0. The first-order chi connectivity index (χ1) is 11.6. The number of hydrogen-bond donors (Lipinski definition) is 0. The maximum atomic E-state index is 6.23. The van der Waals surface area contributed by atoms with Crippen molar-refractivity contribution >= 4 is 41.0 Å². The van der Waals surface area contributed by atoms with Gasteiger partial charge in [-0.1, -0.05) is 59.1 Å². The third-order valence-electron chi connectivity index (χ3n) is 4.05. The molecule has 1 saturated heterocycles. The van der Waals surface area contributed by atoms with Crippen LogP contribution in [-0.4, -0.2) is 42.3 Å². The average Bonchev–Trinajstić information content (AvgIpc) is 2.58. The van der Waals surface area contributed by atoms with E-state index in [9.17, 15) is 0 Å². The van der Waals surface area contributed by atoms with Gasteiger partial charge in [0.2, 0.25) is 0 Å². The second kappa shape index (κ2) is 8.21. The molecule has 6 heteroatoms. The van der Waals surface area contributed by atoms with Crippen LogP contribution in [0.1, 0.15) is 11.1 Å². The highest BCUT2D eigenvalue weighted by Crippen LogP contribution is 2.22. The molecule has 1 aliphatic rings. The summed E-state index contributed by atoms with van der Waals surface area (Å²) in [5.41, 5.74) is 1.93. The van der Waals surface area contributed by atoms with Crippen LogP contribution in [0.4, 0.5) is 0 Å². The van der Waals surface area contributed by atoms with E-state index < -0.39 is 0 Å². The molecule has 0 atom stereocenters. The highest BCUT2D eigenvalue weighted by atomic mass is 35.5. The van der Waals surface area contributed by atoms with Crippen LogP contribution < -0.4 is 0 Å². The molecule has 2 aromatic carbocycles. The van der Waals surface area contributed by atoms with E-state index >= 15 is 0 Å². The smallest absolute Gasteiger partial charge is 0.0572 e. The maximum Gasteiger partial charge on any atom is 0.0572 e. The van der Waals surface area contributed by atoms with E-state index in [0.29, 0.717) is 10.0 Å². The average molecular weight is 383 g/mol. The number of halogens is 3. The van der Waals surface area contributed by atoms with Crippen LogP contribution in [-0.2, 0) is 6.54 Å². The van der Waals surface area contributed by atoms with E-state index in [1.54, 1.807) is 6.21 Å². The zero-order chi connectivity index (χ0) is 16.9. The van der Waals surface area contributed by atoms with Crippen LogP contribution in [0.2, 0.25) is 15.1 Å². The van der Waals surface area contributed by atoms with E-state index in [2.05, 4.69) is 16.1 Å². The highest BCUT2D eigenvalue weighted by molar-refractivity contribution is 6.38. The van der Waals surface area contributed by atoms with E-state index in [0.717, 1.165) is 43.3 Å². The van der Waals surface area contributed by atoms with Crippen molar-refractivity contribution in [1.82, 2.24) is 9.91 Å². The lowest BCUT2D eigenvalue weighted by Crippen LogP contribution is -2.43. The number of nitrogens with zero attached hydrogens (tertiary/aromatic N) is 3. The number of hydrazone groups is 1. The van der Waals surface area contributed by atoms with Gasteiger partial charge in [-0.25, -0.2) is 0 Å². The lowest BCUT2D eigenvalue weighted by Gasteiger charge is -2.33. The number of piperazine rings is 1. The Labute approximate surface area is 157 Å². The normalized spacial score (nSPS) is 16.0. The minimum atomic E-state index is 0.614. The summed E-state index contributed by atoms with van der Waals surface area (Å²) >= 11 is 18.6. The molecule has 3 rings (SSSR count). The van der Waals surface area contributed by atoms with Crippen molar-refractivity contribution in [3.05, 3.63) is 68.7 Å². The van der Waals surface area contributed by atoms with Gasteiger partial charge in [0, 0.05) is 43.3 Å². The van der Waals surface area contributed by atoms with Gasteiger partial charge in [-0.15, -0.1) is 0 Å². The van der Waals surface area contributed by atoms with Gasteiger partial charge in [0.1, 0.15) is 0 Å². The molecule has 1 aliphatic heterocycles. The Bertz CT molecular complexity index is 705. The van der Waals surface area contributed by atoms with Gasteiger partial charge in [0.25, 0.3) is 0 Å². The van der Waals surface area contributed by atoms with E-state index in [-0.39, 0.29) is 0 Å². The van der Waals surface area contributed by atoms with Gasteiger partial charge in [-0.2, -0.15) is 5.10 Å². The zero-order valence-electron chi connectivity index (χ0n) is 13.1. The summed E-state index contributed by atoms with van der Waals surface area (Å²) in [5.74, 6) is 0. The fourth-order valence-corrected chi connectivity index (χ4v) is 3.34. The molecule has 0 amide bonds. The Balaban J connectivity index is 1.56. The Hall–Kier alpha value is -1.26. The van der Waals surface area contributed by atoms with Crippen LogP contribution in [0.3, 0.4) is 0 Å². The molecule has 1 heterocycles. The molecule has 126 valence electrons. The molecule has 0 radical (unpaired) electrons. The maximum absolute atomic E-state index is 6.23. The van der Waals surface area contributed by atoms with Crippen molar-refractivity contribution in [3.8, 4) is 0 Å². The molecule has 1 fully saturated rings. The number of rotatable bonds is 4. The highest BCUT2D eigenvalue weighted by Gasteiger charge is 2.16. The zero-order valence-corrected chi connectivity index (χ0v) is 15.4. The molecule has 24 heavy (non-hydrogen) atoms. The SMILES string of the molecule is Clc1ccccc1CN1CCN(/N=C\c2c(Cl)cccc2Cl)CC1. The van der Waals surface area contributed by atoms with Gasteiger partial charge in [0.05, 0.1) is 16.3 Å². The monoisotopic (exact) mass is 381 g/mol. The Kier molecular flexibility index (Phi) is 6.01. The molecule has 3 nitrogen and oxygen atoms in total. The quantitative estimate of drug-likeness (QED) is 0.707. The molecule has 0 aromatic heterocycles. The molecule has 0 spiro atoms. The lowest BCUT2D eigenvalue weighted by atomic mass is 10.2. The Morgan fingerprint density at radius 1 is 0.833 bits per heavy atom. The third kappa shape index (κ3) is 4.42.